The molecule has 0 saturated carbocycles. The molecule has 0 atom stereocenters. The van der Waals surface area contributed by atoms with Gasteiger partial charge in [0.15, 0.2) is 0 Å². The monoisotopic (exact) mass is 235 g/mol. The first-order chi connectivity index (χ1) is 6.67. The summed E-state index contributed by atoms with van der Waals surface area (Å²) in [4.78, 5) is 4.18. The Labute approximate surface area is 94.4 Å². The van der Waals surface area contributed by atoms with Crippen LogP contribution in [-0.2, 0) is 7.05 Å². The molecule has 1 rings (SSSR count). The predicted octanol–water partition coefficient (Wildman–Crippen LogP) is 2.46. The van der Waals surface area contributed by atoms with Gasteiger partial charge in [-0.25, -0.2) is 4.98 Å². The maximum absolute atomic E-state index is 5.91. The van der Waals surface area contributed by atoms with Crippen LogP contribution in [-0.4, -0.2) is 26.9 Å². The van der Waals surface area contributed by atoms with Crippen molar-refractivity contribution < 1.29 is 0 Å². The first kappa shape index (κ1) is 11.7. The van der Waals surface area contributed by atoms with Crippen molar-refractivity contribution in [3.05, 3.63) is 12.4 Å². The van der Waals surface area contributed by atoms with Crippen LogP contribution in [0.5, 0.6) is 0 Å². The Bertz CT molecular complexity index is 273. The van der Waals surface area contributed by atoms with Crippen molar-refractivity contribution in [3.8, 4) is 0 Å². The lowest BCUT2D eigenvalue weighted by Gasteiger charge is -2.29. The number of aromatic nitrogens is 2. The van der Waals surface area contributed by atoms with Crippen molar-refractivity contribution in [2.75, 3.05) is 17.1 Å². The Kier molecular flexibility index (Phi) is 4.08. The quantitative estimate of drug-likeness (QED) is 0.796. The molecule has 0 amide bonds. The molecule has 0 unspecified atom stereocenters. The molecular formula is C9H15Cl2N3. The largest absolute Gasteiger partial charge is 0.348 e. The van der Waals surface area contributed by atoms with E-state index in [4.69, 9.17) is 23.2 Å². The number of nitrogens with zero attached hydrogens (tertiary/aromatic N) is 2. The number of aryl methyl sites for hydroxylation is 1. The fourth-order valence-corrected chi connectivity index (χ4v) is 1.90. The first-order valence-electron chi connectivity index (χ1n) is 4.55. The van der Waals surface area contributed by atoms with Gasteiger partial charge in [-0.1, -0.05) is 6.92 Å². The van der Waals surface area contributed by atoms with Crippen molar-refractivity contribution in [1.29, 1.82) is 0 Å². The summed E-state index contributed by atoms with van der Waals surface area (Å²) in [5.74, 6) is 1.74. The molecule has 14 heavy (non-hydrogen) atoms. The number of hydrogen-bond acceptors (Lipinski definition) is 2. The van der Waals surface area contributed by atoms with Crippen molar-refractivity contribution in [1.82, 2.24) is 9.55 Å². The number of rotatable bonds is 5. The summed E-state index contributed by atoms with van der Waals surface area (Å²) in [5.41, 5.74) is -0.262. The van der Waals surface area contributed by atoms with Gasteiger partial charge in [0.2, 0.25) is 5.95 Å². The molecule has 0 aromatic carbocycles. The highest BCUT2D eigenvalue weighted by molar-refractivity contribution is 6.22. The van der Waals surface area contributed by atoms with E-state index in [0.29, 0.717) is 11.8 Å². The number of anilines is 1. The van der Waals surface area contributed by atoms with E-state index >= 15 is 0 Å². The minimum absolute atomic E-state index is 0.262. The van der Waals surface area contributed by atoms with Crippen molar-refractivity contribution in [2.45, 2.75) is 18.9 Å². The fourth-order valence-electron chi connectivity index (χ4n) is 1.10. The lowest BCUT2D eigenvalue weighted by atomic mass is 10.0. The normalized spacial score (nSPS) is 11.7. The van der Waals surface area contributed by atoms with Crippen LogP contribution in [0.15, 0.2) is 12.4 Å². The number of halogens is 2. The molecule has 5 heteroatoms. The van der Waals surface area contributed by atoms with Gasteiger partial charge < -0.3 is 9.88 Å². The number of imidazole rings is 1. The van der Waals surface area contributed by atoms with Crippen molar-refractivity contribution in [3.63, 3.8) is 0 Å². The minimum Gasteiger partial charge on any atom is -0.348 e. The Morgan fingerprint density at radius 2 is 2.14 bits per heavy atom. The second-order valence-electron chi connectivity index (χ2n) is 3.39. The third kappa shape index (κ3) is 2.34. The summed E-state index contributed by atoms with van der Waals surface area (Å²) in [6.45, 7) is 2.06. The molecule has 0 aliphatic carbocycles. The smallest absolute Gasteiger partial charge is 0.203 e. The molecule has 1 aromatic rings. The zero-order valence-corrected chi connectivity index (χ0v) is 9.94. The third-order valence-corrected chi connectivity index (χ3v) is 3.41. The number of nitrogens with one attached hydrogen (secondary N) is 1. The van der Waals surface area contributed by atoms with E-state index in [2.05, 4.69) is 17.2 Å². The Morgan fingerprint density at radius 3 is 2.50 bits per heavy atom. The average molecular weight is 236 g/mol. The van der Waals surface area contributed by atoms with E-state index in [1.165, 1.54) is 0 Å². The second-order valence-corrected chi connectivity index (χ2v) is 3.92. The molecule has 1 aromatic heterocycles. The van der Waals surface area contributed by atoms with E-state index in [0.717, 1.165) is 12.4 Å². The van der Waals surface area contributed by atoms with Crippen LogP contribution in [0.3, 0.4) is 0 Å². The number of hydrogen-bond donors (Lipinski definition) is 1. The van der Waals surface area contributed by atoms with Gasteiger partial charge >= 0.3 is 0 Å². The summed E-state index contributed by atoms with van der Waals surface area (Å²) < 4.78 is 1.91. The van der Waals surface area contributed by atoms with Crippen LogP contribution in [0.1, 0.15) is 13.3 Å². The molecule has 0 aliphatic heterocycles. The van der Waals surface area contributed by atoms with Crippen LogP contribution in [0, 0.1) is 0 Å². The summed E-state index contributed by atoms with van der Waals surface area (Å²) >= 11 is 11.8. The van der Waals surface area contributed by atoms with Crippen LogP contribution in [0.2, 0.25) is 0 Å². The van der Waals surface area contributed by atoms with Gasteiger partial charge in [0, 0.05) is 31.2 Å². The van der Waals surface area contributed by atoms with E-state index in [9.17, 15) is 0 Å². The summed E-state index contributed by atoms with van der Waals surface area (Å²) in [7, 11) is 1.93. The molecule has 0 aliphatic rings. The van der Waals surface area contributed by atoms with Crippen molar-refractivity contribution in [2.24, 2.45) is 7.05 Å². The Hall–Kier alpha value is -0.410. The van der Waals surface area contributed by atoms with Gasteiger partial charge in [0.25, 0.3) is 0 Å². The first-order valence-corrected chi connectivity index (χ1v) is 5.62. The molecule has 0 bridgehead atoms. The zero-order valence-electron chi connectivity index (χ0n) is 8.43. The molecule has 0 fully saturated rings. The molecule has 0 radical (unpaired) electrons. The van der Waals surface area contributed by atoms with E-state index in [1.807, 2.05) is 17.8 Å². The van der Waals surface area contributed by atoms with Gasteiger partial charge in [-0.05, 0) is 6.42 Å². The molecule has 0 spiro atoms. The van der Waals surface area contributed by atoms with Crippen LogP contribution in [0.25, 0.3) is 0 Å². The lowest BCUT2D eigenvalue weighted by molar-refractivity contribution is 0.551. The Balaban J connectivity index is 2.79. The predicted molar refractivity (Wildman–Crippen MR) is 61.3 cm³/mol. The van der Waals surface area contributed by atoms with E-state index in [1.54, 1.807) is 6.20 Å². The molecular weight excluding hydrogens is 221 g/mol. The van der Waals surface area contributed by atoms with Crippen LogP contribution in [0.4, 0.5) is 5.95 Å². The average Bonchev–Trinajstić information content (AvgIpc) is 2.61. The van der Waals surface area contributed by atoms with Gasteiger partial charge in [0.1, 0.15) is 0 Å². The number of alkyl halides is 2. The van der Waals surface area contributed by atoms with Crippen LogP contribution >= 0.6 is 23.2 Å². The summed E-state index contributed by atoms with van der Waals surface area (Å²) in [6.07, 6.45) is 4.49. The SMILES string of the molecule is CCC(CCl)(CCl)Nc1nccn1C. The topological polar surface area (TPSA) is 29.9 Å². The van der Waals surface area contributed by atoms with E-state index < -0.39 is 0 Å². The fraction of sp³-hybridized carbons (Fsp3) is 0.667. The molecule has 1 heterocycles. The maximum atomic E-state index is 5.91. The van der Waals surface area contributed by atoms with E-state index in [-0.39, 0.29) is 5.54 Å². The standard InChI is InChI=1S/C9H15Cl2N3/c1-3-9(6-10,7-11)13-8-12-4-5-14(8)2/h4-5H,3,6-7H2,1-2H3,(H,12,13). The molecule has 3 nitrogen and oxygen atoms in total. The van der Waals surface area contributed by atoms with Gasteiger partial charge in [-0.15, -0.1) is 23.2 Å². The highest BCUT2D eigenvalue weighted by atomic mass is 35.5. The summed E-state index contributed by atoms with van der Waals surface area (Å²) in [6, 6.07) is 0. The van der Waals surface area contributed by atoms with Gasteiger partial charge in [-0.3, -0.25) is 0 Å². The highest BCUT2D eigenvalue weighted by Crippen LogP contribution is 2.20. The Morgan fingerprint density at radius 1 is 1.50 bits per heavy atom. The maximum Gasteiger partial charge on any atom is 0.203 e. The molecule has 0 saturated heterocycles. The zero-order chi connectivity index (χ0) is 10.6. The molecule has 1 N–H and O–H groups in total. The van der Waals surface area contributed by atoms with Gasteiger partial charge in [0.05, 0.1) is 5.54 Å². The lowest BCUT2D eigenvalue weighted by Crippen LogP contribution is -2.42. The second kappa shape index (κ2) is 4.89. The van der Waals surface area contributed by atoms with Gasteiger partial charge in [-0.2, -0.15) is 0 Å². The minimum atomic E-state index is -0.262. The van der Waals surface area contributed by atoms with Crippen molar-refractivity contribution >= 4 is 29.2 Å². The third-order valence-electron chi connectivity index (χ3n) is 2.39. The summed E-state index contributed by atoms with van der Waals surface area (Å²) in [5, 5.41) is 3.28. The highest BCUT2D eigenvalue weighted by Gasteiger charge is 2.27. The molecule has 80 valence electrons. The van der Waals surface area contributed by atoms with Crippen LogP contribution < -0.4 is 5.32 Å².